The summed E-state index contributed by atoms with van der Waals surface area (Å²) < 4.78 is 23.5. The Hall–Kier alpha value is -3.88. The zero-order valence-electron chi connectivity index (χ0n) is 16.5. The Kier molecular flexibility index (Phi) is 8.37. The molecule has 0 aliphatic heterocycles. The molecule has 0 radical (unpaired) electrons. The molecule has 158 valence electrons. The number of hydrazine groups is 1. The third-order valence-electron chi connectivity index (χ3n) is 3.82. The Morgan fingerprint density at radius 2 is 1.77 bits per heavy atom. The second-order valence-electron chi connectivity index (χ2n) is 6.09. The average molecular weight is 415 g/mol. The van der Waals surface area contributed by atoms with Gasteiger partial charge in [0.05, 0.1) is 7.11 Å². The van der Waals surface area contributed by atoms with Crippen molar-refractivity contribution >= 4 is 23.8 Å². The predicted octanol–water partition coefficient (Wildman–Crippen LogP) is 1.58. The number of nitrogens with one attached hydrogen (secondary N) is 3. The minimum Gasteiger partial charge on any atom is -0.497 e. The van der Waals surface area contributed by atoms with Crippen LogP contribution in [0.25, 0.3) is 6.08 Å². The molecule has 0 heterocycles. The van der Waals surface area contributed by atoms with Crippen LogP contribution < -0.4 is 25.6 Å². The van der Waals surface area contributed by atoms with Gasteiger partial charge in [0.25, 0.3) is 11.8 Å². The van der Waals surface area contributed by atoms with Crippen LogP contribution >= 0.6 is 0 Å². The van der Waals surface area contributed by atoms with Gasteiger partial charge in [0.2, 0.25) is 5.91 Å². The molecule has 30 heavy (non-hydrogen) atoms. The lowest BCUT2D eigenvalue weighted by atomic mass is 10.2. The molecular formula is C21H22FN3O5. The second kappa shape index (κ2) is 11.2. The monoisotopic (exact) mass is 415 g/mol. The summed E-state index contributed by atoms with van der Waals surface area (Å²) in [6.45, 7) is 0.961. The van der Waals surface area contributed by atoms with Crippen LogP contribution in [0.5, 0.6) is 11.5 Å². The molecule has 0 spiro atoms. The summed E-state index contributed by atoms with van der Waals surface area (Å²) in [4.78, 5) is 35.6. The first-order chi connectivity index (χ1) is 14.4. The van der Waals surface area contributed by atoms with Crippen LogP contribution in [0.2, 0.25) is 0 Å². The summed E-state index contributed by atoms with van der Waals surface area (Å²) >= 11 is 0. The van der Waals surface area contributed by atoms with Crippen molar-refractivity contribution in [1.82, 2.24) is 16.2 Å². The Morgan fingerprint density at radius 1 is 1.07 bits per heavy atom. The van der Waals surface area contributed by atoms with Crippen LogP contribution in [-0.4, -0.2) is 37.5 Å². The van der Waals surface area contributed by atoms with E-state index in [2.05, 4.69) is 16.2 Å². The molecule has 2 rings (SSSR count). The molecule has 1 unspecified atom stereocenters. The number of hydrogen-bond acceptors (Lipinski definition) is 5. The van der Waals surface area contributed by atoms with Crippen molar-refractivity contribution < 1.29 is 28.2 Å². The summed E-state index contributed by atoms with van der Waals surface area (Å²) in [7, 11) is 1.56. The molecule has 3 amide bonds. The van der Waals surface area contributed by atoms with Crippen LogP contribution in [-0.2, 0) is 14.4 Å². The highest BCUT2D eigenvalue weighted by molar-refractivity contribution is 5.95. The van der Waals surface area contributed by atoms with Crippen LogP contribution in [0.1, 0.15) is 12.5 Å². The van der Waals surface area contributed by atoms with Gasteiger partial charge in [0, 0.05) is 6.08 Å². The topological polar surface area (TPSA) is 106 Å². The molecule has 8 nitrogen and oxygen atoms in total. The number of hydrogen-bond donors (Lipinski definition) is 3. The number of carbonyl (C=O) groups is 3. The number of carbonyl (C=O) groups excluding carboxylic acids is 3. The highest BCUT2D eigenvalue weighted by atomic mass is 19.1. The van der Waals surface area contributed by atoms with Gasteiger partial charge in [-0.1, -0.05) is 24.3 Å². The molecule has 3 N–H and O–H groups in total. The summed E-state index contributed by atoms with van der Waals surface area (Å²) in [6.07, 6.45) is 2.87. The van der Waals surface area contributed by atoms with E-state index in [1.165, 1.54) is 31.2 Å². The number of rotatable bonds is 8. The van der Waals surface area contributed by atoms with Gasteiger partial charge in [-0.15, -0.1) is 0 Å². The number of halogens is 1. The summed E-state index contributed by atoms with van der Waals surface area (Å²) in [5.41, 5.74) is 5.07. The number of methoxy groups -OCH3 is 1. The van der Waals surface area contributed by atoms with E-state index in [1.807, 2.05) is 0 Å². The smallest absolute Gasteiger partial charge is 0.276 e. The fraction of sp³-hybridized carbons (Fsp3) is 0.190. The molecule has 0 aromatic heterocycles. The SMILES string of the molecule is COc1ccc(/C=C/C(=O)NC(C)C(=O)NNC(=O)COc2ccccc2F)cc1. The van der Waals surface area contributed by atoms with Gasteiger partial charge in [-0.25, -0.2) is 4.39 Å². The van der Waals surface area contributed by atoms with Gasteiger partial charge in [-0.05, 0) is 42.8 Å². The predicted molar refractivity (Wildman–Crippen MR) is 108 cm³/mol. The van der Waals surface area contributed by atoms with Crippen molar-refractivity contribution in [3.05, 3.63) is 66.0 Å². The van der Waals surface area contributed by atoms with Gasteiger partial charge in [0.1, 0.15) is 11.8 Å². The molecule has 9 heteroatoms. The number of benzene rings is 2. The molecule has 0 aliphatic rings. The maximum absolute atomic E-state index is 13.4. The third-order valence-corrected chi connectivity index (χ3v) is 3.82. The molecule has 0 saturated heterocycles. The Labute approximate surface area is 173 Å². The number of para-hydroxylation sites is 1. The minimum atomic E-state index is -0.911. The summed E-state index contributed by atoms with van der Waals surface area (Å²) in [6, 6.07) is 11.8. The molecule has 2 aromatic rings. The first-order valence-corrected chi connectivity index (χ1v) is 8.97. The summed E-state index contributed by atoms with van der Waals surface area (Å²) in [5, 5.41) is 2.47. The van der Waals surface area contributed by atoms with Crippen molar-refractivity contribution in [2.24, 2.45) is 0 Å². The molecule has 0 bridgehead atoms. The van der Waals surface area contributed by atoms with Crippen LogP contribution in [0.3, 0.4) is 0 Å². The van der Waals surface area contributed by atoms with Crippen molar-refractivity contribution in [3.63, 3.8) is 0 Å². The van der Waals surface area contributed by atoms with E-state index in [-0.39, 0.29) is 5.75 Å². The van der Waals surface area contributed by atoms with Gasteiger partial charge in [0.15, 0.2) is 18.2 Å². The van der Waals surface area contributed by atoms with E-state index in [0.717, 1.165) is 5.56 Å². The minimum absolute atomic E-state index is 0.0803. The maximum Gasteiger partial charge on any atom is 0.276 e. The lowest BCUT2D eigenvalue weighted by Gasteiger charge is -2.14. The highest BCUT2D eigenvalue weighted by Gasteiger charge is 2.15. The molecular weight excluding hydrogens is 393 g/mol. The van der Waals surface area contributed by atoms with Gasteiger partial charge in [-0.2, -0.15) is 0 Å². The summed E-state index contributed by atoms with van der Waals surface area (Å²) in [5.74, 6) is -1.80. The fourth-order valence-corrected chi connectivity index (χ4v) is 2.19. The van der Waals surface area contributed by atoms with Crippen molar-refractivity contribution in [3.8, 4) is 11.5 Å². The van der Waals surface area contributed by atoms with Crippen LogP contribution in [0.15, 0.2) is 54.6 Å². The standard InChI is InChI=1S/C21H22FN3O5/c1-14(23-19(26)12-9-15-7-10-16(29-2)11-8-15)21(28)25-24-20(27)13-30-18-6-4-3-5-17(18)22/h3-12,14H,13H2,1-2H3,(H,23,26)(H,24,27)(H,25,28)/b12-9+. The molecule has 0 aliphatic carbocycles. The zero-order chi connectivity index (χ0) is 21.9. The number of amides is 3. The Bertz CT molecular complexity index is 915. The molecule has 1 atom stereocenters. The quantitative estimate of drug-likeness (QED) is 0.448. The first-order valence-electron chi connectivity index (χ1n) is 8.97. The Balaban J connectivity index is 1.72. The van der Waals surface area contributed by atoms with E-state index < -0.39 is 36.2 Å². The van der Waals surface area contributed by atoms with Crippen LogP contribution in [0.4, 0.5) is 4.39 Å². The third kappa shape index (κ3) is 7.27. The fourth-order valence-electron chi connectivity index (χ4n) is 2.19. The molecule has 0 fully saturated rings. The second-order valence-corrected chi connectivity index (χ2v) is 6.09. The zero-order valence-corrected chi connectivity index (χ0v) is 16.5. The lowest BCUT2D eigenvalue weighted by Crippen LogP contribution is -2.51. The average Bonchev–Trinajstić information content (AvgIpc) is 2.75. The van der Waals surface area contributed by atoms with Gasteiger partial charge >= 0.3 is 0 Å². The normalized spacial score (nSPS) is 11.4. The maximum atomic E-state index is 13.4. The van der Waals surface area contributed by atoms with Crippen molar-refractivity contribution in [2.45, 2.75) is 13.0 Å². The van der Waals surface area contributed by atoms with Crippen LogP contribution in [0, 0.1) is 5.82 Å². The lowest BCUT2D eigenvalue weighted by molar-refractivity contribution is -0.131. The van der Waals surface area contributed by atoms with Gasteiger partial charge in [-0.3, -0.25) is 25.2 Å². The van der Waals surface area contributed by atoms with Gasteiger partial charge < -0.3 is 14.8 Å². The van der Waals surface area contributed by atoms with E-state index in [4.69, 9.17) is 9.47 Å². The first kappa shape index (κ1) is 22.4. The Morgan fingerprint density at radius 3 is 2.43 bits per heavy atom. The largest absolute Gasteiger partial charge is 0.497 e. The van der Waals surface area contributed by atoms with Crippen molar-refractivity contribution in [2.75, 3.05) is 13.7 Å². The van der Waals surface area contributed by atoms with Crippen molar-refractivity contribution in [1.29, 1.82) is 0 Å². The molecule has 0 saturated carbocycles. The molecule has 2 aromatic carbocycles. The van der Waals surface area contributed by atoms with E-state index in [9.17, 15) is 18.8 Å². The highest BCUT2D eigenvalue weighted by Crippen LogP contribution is 2.15. The van der Waals surface area contributed by atoms with E-state index in [0.29, 0.717) is 5.75 Å². The van der Waals surface area contributed by atoms with E-state index in [1.54, 1.807) is 43.5 Å². The van der Waals surface area contributed by atoms with E-state index >= 15 is 0 Å². The number of ether oxygens (including phenoxy) is 2.